The summed E-state index contributed by atoms with van der Waals surface area (Å²) in [4.78, 5) is 14.7. The molecule has 5 nitrogen and oxygen atoms in total. The smallest absolute Gasteiger partial charge is 0.251 e. The lowest BCUT2D eigenvalue weighted by Gasteiger charge is -2.57. The van der Waals surface area contributed by atoms with Crippen LogP contribution >= 0.6 is 12.4 Å². The number of carbonyl (C=O) groups excluding carboxylic acids is 1. The third-order valence-corrected chi connectivity index (χ3v) is 6.11. The first-order valence-electron chi connectivity index (χ1n) is 8.86. The number of likely N-dealkylation sites (N-methyl/N-ethyl adjacent to an activating group) is 1. The van der Waals surface area contributed by atoms with Crippen LogP contribution in [0, 0.1) is 5.41 Å². The Labute approximate surface area is 145 Å². The highest BCUT2D eigenvalue weighted by Gasteiger charge is 2.59. The Kier molecular flexibility index (Phi) is 6.34. The first-order chi connectivity index (χ1) is 10.6. The summed E-state index contributed by atoms with van der Waals surface area (Å²) in [5.74, 6) is 0.141. The Morgan fingerprint density at radius 2 is 2.04 bits per heavy atom. The molecule has 2 saturated carbocycles. The molecule has 6 heteroatoms. The van der Waals surface area contributed by atoms with E-state index in [9.17, 15) is 4.79 Å². The normalized spacial score (nSPS) is 34.9. The summed E-state index contributed by atoms with van der Waals surface area (Å²) >= 11 is 0. The lowest BCUT2D eigenvalue weighted by atomic mass is 9.60. The highest BCUT2D eigenvalue weighted by atomic mass is 35.5. The van der Waals surface area contributed by atoms with E-state index in [0.29, 0.717) is 18.7 Å². The Morgan fingerprint density at radius 1 is 1.35 bits per heavy atom. The summed E-state index contributed by atoms with van der Waals surface area (Å²) in [5.41, 5.74) is 5.85. The van der Waals surface area contributed by atoms with Gasteiger partial charge in [0.25, 0.3) is 5.91 Å². The van der Waals surface area contributed by atoms with Crippen molar-refractivity contribution in [3.05, 3.63) is 0 Å². The van der Waals surface area contributed by atoms with Crippen molar-refractivity contribution in [2.45, 2.75) is 76.2 Å². The zero-order valence-electron chi connectivity index (χ0n) is 14.3. The number of hydrogen-bond donors (Lipinski definition) is 1. The number of nitrogens with zero attached hydrogens (tertiary/aromatic N) is 1. The van der Waals surface area contributed by atoms with Crippen molar-refractivity contribution in [2.24, 2.45) is 11.1 Å². The van der Waals surface area contributed by atoms with Crippen molar-refractivity contribution in [3.8, 4) is 0 Å². The minimum Gasteiger partial charge on any atom is -0.378 e. The monoisotopic (exact) mass is 346 g/mol. The van der Waals surface area contributed by atoms with Crippen molar-refractivity contribution in [1.82, 2.24) is 4.90 Å². The number of ether oxygens (including phenoxy) is 2. The van der Waals surface area contributed by atoms with Gasteiger partial charge >= 0.3 is 0 Å². The molecule has 0 aromatic rings. The molecule has 0 radical (unpaired) electrons. The van der Waals surface area contributed by atoms with E-state index in [4.69, 9.17) is 15.2 Å². The Bertz CT molecular complexity index is 415. The lowest BCUT2D eigenvalue weighted by Crippen LogP contribution is -2.64. The van der Waals surface area contributed by atoms with E-state index in [0.717, 1.165) is 25.9 Å². The Morgan fingerprint density at radius 3 is 2.61 bits per heavy atom. The van der Waals surface area contributed by atoms with Gasteiger partial charge in [-0.15, -0.1) is 12.4 Å². The van der Waals surface area contributed by atoms with Crippen molar-refractivity contribution < 1.29 is 14.3 Å². The molecule has 0 bridgehead atoms. The van der Waals surface area contributed by atoms with Gasteiger partial charge in [-0.3, -0.25) is 4.79 Å². The van der Waals surface area contributed by atoms with Crippen LogP contribution in [0.15, 0.2) is 0 Å². The summed E-state index contributed by atoms with van der Waals surface area (Å²) in [6.07, 6.45) is 7.69. The molecule has 3 fully saturated rings. The second kappa shape index (κ2) is 7.68. The minimum atomic E-state index is -0.289. The summed E-state index contributed by atoms with van der Waals surface area (Å²) in [5, 5.41) is 0. The highest BCUT2D eigenvalue weighted by Crippen LogP contribution is 2.56. The molecule has 4 atom stereocenters. The van der Waals surface area contributed by atoms with Gasteiger partial charge in [-0.05, 0) is 39.0 Å². The van der Waals surface area contributed by atoms with Gasteiger partial charge in [0.15, 0.2) is 0 Å². The van der Waals surface area contributed by atoms with Crippen molar-refractivity contribution in [2.75, 3.05) is 20.2 Å². The molecule has 0 aromatic carbocycles. The van der Waals surface area contributed by atoms with Gasteiger partial charge in [0.05, 0.1) is 12.2 Å². The topological polar surface area (TPSA) is 64.8 Å². The van der Waals surface area contributed by atoms with Gasteiger partial charge in [-0.25, -0.2) is 0 Å². The SMILES string of the molecule is CCOC1CC(N(C)C(=O)[C@@H]2CC[C@H](CN)O2)C12CCCC2.Cl. The maximum absolute atomic E-state index is 12.8. The molecular weight excluding hydrogens is 316 g/mol. The van der Waals surface area contributed by atoms with Crippen LogP contribution in [0.25, 0.3) is 0 Å². The lowest BCUT2D eigenvalue weighted by molar-refractivity contribution is -0.178. The molecule has 1 saturated heterocycles. The van der Waals surface area contributed by atoms with Crippen LogP contribution in [0.5, 0.6) is 0 Å². The van der Waals surface area contributed by atoms with E-state index < -0.39 is 0 Å². The maximum atomic E-state index is 12.8. The van der Waals surface area contributed by atoms with Crippen LogP contribution in [-0.4, -0.2) is 55.4 Å². The molecular formula is C17H31ClN2O3. The van der Waals surface area contributed by atoms with Gasteiger partial charge in [-0.1, -0.05) is 12.8 Å². The summed E-state index contributed by atoms with van der Waals surface area (Å²) in [6, 6.07) is 0.319. The fourth-order valence-corrected chi connectivity index (χ4v) is 4.84. The fourth-order valence-electron chi connectivity index (χ4n) is 4.84. The molecule has 23 heavy (non-hydrogen) atoms. The zero-order valence-corrected chi connectivity index (χ0v) is 15.1. The standard InChI is InChI=1S/C17H30N2O3.ClH/c1-3-21-15-10-14(17(15)8-4-5-9-17)19(2)16(20)13-7-6-12(11-18)22-13;/h12-15H,3-11,18H2,1-2H3;1H/t12-,13+,14?,15?;/m1./s1. The second-order valence-electron chi connectivity index (χ2n) is 7.14. The van der Waals surface area contributed by atoms with E-state index in [1.807, 2.05) is 11.9 Å². The van der Waals surface area contributed by atoms with Gasteiger partial charge < -0.3 is 20.1 Å². The average Bonchev–Trinajstić information content (AvgIpc) is 3.19. The first kappa shape index (κ1) is 19.0. The predicted octanol–water partition coefficient (Wildman–Crippen LogP) is 2.11. The van der Waals surface area contributed by atoms with Crippen LogP contribution in [0.4, 0.5) is 0 Å². The summed E-state index contributed by atoms with van der Waals surface area (Å²) < 4.78 is 11.7. The molecule has 134 valence electrons. The van der Waals surface area contributed by atoms with Gasteiger partial charge in [0.1, 0.15) is 6.10 Å². The van der Waals surface area contributed by atoms with Gasteiger partial charge in [-0.2, -0.15) is 0 Å². The molecule has 1 spiro atoms. The number of amides is 1. The van der Waals surface area contributed by atoms with Crippen LogP contribution < -0.4 is 5.73 Å². The van der Waals surface area contributed by atoms with Crippen LogP contribution in [0.1, 0.15) is 51.9 Å². The molecule has 3 rings (SSSR count). The molecule has 2 N–H and O–H groups in total. The highest BCUT2D eigenvalue weighted by molar-refractivity contribution is 5.85. The molecule has 3 aliphatic rings. The van der Waals surface area contributed by atoms with Crippen molar-refractivity contribution in [3.63, 3.8) is 0 Å². The predicted molar refractivity (Wildman–Crippen MR) is 91.7 cm³/mol. The Hall–Kier alpha value is -0.360. The number of halogens is 1. The van der Waals surface area contributed by atoms with E-state index in [2.05, 4.69) is 6.92 Å². The van der Waals surface area contributed by atoms with Gasteiger partial charge in [0.2, 0.25) is 0 Å². The number of hydrogen-bond acceptors (Lipinski definition) is 4. The molecule has 1 heterocycles. The number of carbonyl (C=O) groups is 1. The maximum Gasteiger partial charge on any atom is 0.251 e. The largest absolute Gasteiger partial charge is 0.378 e. The average molecular weight is 347 g/mol. The molecule has 1 aliphatic heterocycles. The van der Waals surface area contributed by atoms with E-state index in [-0.39, 0.29) is 35.9 Å². The molecule has 2 unspecified atom stereocenters. The molecule has 2 aliphatic carbocycles. The summed E-state index contributed by atoms with van der Waals surface area (Å²) in [6.45, 7) is 3.33. The molecule has 1 amide bonds. The second-order valence-corrected chi connectivity index (χ2v) is 7.14. The van der Waals surface area contributed by atoms with Crippen LogP contribution in [-0.2, 0) is 14.3 Å². The van der Waals surface area contributed by atoms with E-state index in [1.54, 1.807) is 0 Å². The first-order valence-corrected chi connectivity index (χ1v) is 8.86. The molecule has 0 aromatic heterocycles. The number of nitrogens with two attached hydrogens (primary N) is 1. The third kappa shape index (κ3) is 3.26. The Balaban J connectivity index is 0.00000192. The van der Waals surface area contributed by atoms with E-state index >= 15 is 0 Å². The zero-order chi connectivity index (χ0) is 15.7. The summed E-state index contributed by atoms with van der Waals surface area (Å²) in [7, 11) is 1.95. The third-order valence-electron chi connectivity index (χ3n) is 6.11. The van der Waals surface area contributed by atoms with Gasteiger partial charge in [0, 0.05) is 31.7 Å². The van der Waals surface area contributed by atoms with Crippen LogP contribution in [0.3, 0.4) is 0 Å². The van der Waals surface area contributed by atoms with Crippen LogP contribution in [0.2, 0.25) is 0 Å². The number of rotatable bonds is 5. The quantitative estimate of drug-likeness (QED) is 0.828. The fraction of sp³-hybridized carbons (Fsp3) is 0.941. The van der Waals surface area contributed by atoms with E-state index in [1.165, 1.54) is 25.7 Å². The van der Waals surface area contributed by atoms with Crippen molar-refractivity contribution >= 4 is 18.3 Å². The minimum absolute atomic E-state index is 0. The van der Waals surface area contributed by atoms with Crippen molar-refractivity contribution in [1.29, 1.82) is 0 Å².